The van der Waals surface area contributed by atoms with E-state index in [-0.39, 0.29) is 30.5 Å². The molecule has 0 aliphatic heterocycles. The summed E-state index contributed by atoms with van der Waals surface area (Å²) in [5, 5.41) is 6.93. The Labute approximate surface area is 197 Å². The maximum absolute atomic E-state index is 12.6. The number of hydrogen-bond acceptors (Lipinski definition) is 6. The lowest BCUT2D eigenvalue weighted by atomic mass is 10.1. The van der Waals surface area contributed by atoms with Crippen molar-refractivity contribution in [1.82, 2.24) is 24.3 Å². The van der Waals surface area contributed by atoms with Gasteiger partial charge in [-0.15, -0.1) is 0 Å². The molecule has 0 fully saturated rings. The van der Waals surface area contributed by atoms with Crippen LogP contribution in [0.25, 0.3) is 0 Å². The van der Waals surface area contributed by atoms with Crippen molar-refractivity contribution in [3.05, 3.63) is 101 Å². The molecule has 0 spiro atoms. The number of nitrogens with one attached hydrogen (secondary N) is 1. The van der Waals surface area contributed by atoms with Crippen LogP contribution in [0.2, 0.25) is 0 Å². The Morgan fingerprint density at radius 3 is 2.65 bits per heavy atom. The second kappa shape index (κ2) is 10.6. The smallest absolute Gasteiger partial charge is 0.253 e. The third kappa shape index (κ3) is 6.38. The fourth-order valence-corrected chi connectivity index (χ4v) is 3.58. The summed E-state index contributed by atoms with van der Waals surface area (Å²) in [6.45, 7) is 2.21. The molecule has 3 aromatic heterocycles. The number of ether oxygens (including phenoxy) is 1. The van der Waals surface area contributed by atoms with E-state index in [1.54, 1.807) is 36.1 Å². The molecular formula is C25H26N6O3. The first-order chi connectivity index (χ1) is 16.4. The van der Waals surface area contributed by atoms with Crippen molar-refractivity contribution in [2.75, 3.05) is 5.32 Å². The molecule has 3 heterocycles. The number of aryl methyl sites for hydroxylation is 1. The minimum absolute atomic E-state index is 0.0375. The summed E-state index contributed by atoms with van der Waals surface area (Å²) >= 11 is 0. The summed E-state index contributed by atoms with van der Waals surface area (Å²) in [4.78, 5) is 33.3. The molecule has 0 aliphatic rings. The van der Waals surface area contributed by atoms with Gasteiger partial charge in [-0.25, -0.2) is 4.98 Å². The van der Waals surface area contributed by atoms with Gasteiger partial charge in [0.2, 0.25) is 5.91 Å². The van der Waals surface area contributed by atoms with E-state index in [9.17, 15) is 9.59 Å². The summed E-state index contributed by atoms with van der Waals surface area (Å²) in [6.07, 6.45) is 5.33. The molecule has 1 amide bonds. The van der Waals surface area contributed by atoms with Crippen molar-refractivity contribution >= 4 is 11.7 Å². The number of pyridine rings is 1. The van der Waals surface area contributed by atoms with Crippen molar-refractivity contribution in [2.24, 2.45) is 7.05 Å². The first-order valence-corrected chi connectivity index (χ1v) is 10.9. The highest BCUT2D eigenvalue weighted by atomic mass is 16.5. The zero-order valence-electron chi connectivity index (χ0n) is 19.1. The molecule has 0 radical (unpaired) electrons. The van der Waals surface area contributed by atoms with Gasteiger partial charge in [0.25, 0.3) is 5.56 Å². The molecule has 1 N–H and O–H groups in total. The summed E-state index contributed by atoms with van der Waals surface area (Å²) < 4.78 is 9.25. The lowest BCUT2D eigenvalue weighted by molar-refractivity contribution is -0.115. The average molecular weight is 459 g/mol. The van der Waals surface area contributed by atoms with E-state index >= 15 is 0 Å². The quantitative estimate of drug-likeness (QED) is 0.414. The maximum atomic E-state index is 12.6. The van der Waals surface area contributed by atoms with Crippen LogP contribution >= 0.6 is 0 Å². The average Bonchev–Trinajstić information content (AvgIpc) is 3.20. The largest absolute Gasteiger partial charge is 0.490 e. The molecular weight excluding hydrogens is 432 g/mol. The van der Waals surface area contributed by atoms with Crippen LogP contribution in [0.4, 0.5) is 5.82 Å². The molecule has 174 valence electrons. The molecule has 9 nitrogen and oxygen atoms in total. The van der Waals surface area contributed by atoms with Crippen LogP contribution in [0.5, 0.6) is 5.75 Å². The number of nitrogens with zero attached hydrogens (tertiary/aromatic N) is 5. The van der Waals surface area contributed by atoms with Crippen molar-refractivity contribution in [3.8, 4) is 5.75 Å². The van der Waals surface area contributed by atoms with Gasteiger partial charge in [-0.3, -0.25) is 23.8 Å². The third-order valence-electron chi connectivity index (χ3n) is 5.06. The monoisotopic (exact) mass is 458 g/mol. The Balaban J connectivity index is 1.54. The standard InChI is InChI=1S/C25H26N6O3/c1-18(12-19-6-4-3-5-7-19)34-22-13-20(15-24(32)28-23-9-11-30(2)29-23)27-21(14-22)16-31-17-26-10-8-25(31)33/h3-11,13-14,17-18H,12,15-16H2,1-2H3,(H,28,29,32)/t18-/m0/s1. The van der Waals surface area contributed by atoms with Gasteiger partial charge in [-0.05, 0) is 12.5 Å². The van der Waals surface area contributed by atoms with Crippen LogP contribution in [-0.4, -0.2) is 36.3 Å². The molecule has 4 rings (SSSR count). The molecule has 0 aliphatic carbocycles. The van der Waals surface area contributed by atoms with E-state index in [1.165, 1.54) is 28.7 Å². The summed E-state index contributed by atoms with van der Waals surface area (Å²) in [5.41, 5.74) is 2.11. The van der Waals surface area contributed by atoms with Gasteiger partial charge in [0.15, 0.2) is 5.82 Å². The highest BCUT2D eigenvalue weighted by Gasteiger charge is 2.13. The second-order valence-electron chi connectivity index (χ2n) is 8.05. The van der Waals surface area contributed by atoms with Gasteiger partial charge in [0.05, 0.1) is 36.8 Å². The number of carbonyl (C=O) groups is 1. The summed E-state index contributed by atoms with van der Waals surface area (Å²) in [6, 6.07) is 16.7. The number of hydrogen-bond donors (Lipinski definition) is 1. The van der Waals surface area contributed by atoms with E-state index in [0.29, 0.717) is 23.0 Å². The Morgan fingerprint density at radius 1 is 1.12 bits per heavy atom. The number of benzene rings is 1. The van der Waals surface area contributed by atoms with Gasteiger partial charge in [0.1, 0.15) is 5.75 Å². The molecule has 0 bridgehead atoms. The summed E-state index contributed by atoms with van der Waals surface area (Å²) in [7, 11) is 1.78. The predicted octanol–water partition coefficient (Wildman–Crippen LogP) is 2.61. The van der Waals surface area contributed by atoms with E-state index in [2.05, 4.69) is 32.5 Å². The van der Waals surface area contributed by atoms with Gasteiger partial charge >= 0.3 is 0 Å². The highest BCUT2D eigenvalue weighted by Crippen LogP contribution is 2.19. The maximum Gasteiger partial charge on any atom is 0.253 e. The minimum Gasteiger partial charge on any atom is -0.490 e. The zero-order valence-corrected chi connectivity index (χ0v) is 19.1. The second-order valence-corrected chi connectivity index (χ2v) is 8.05. The Kier molecular flexibility index (Phi) is 7.12. The van der Waals surface area contributed by atoms with Gasteiger partial charge in [0, 0.05) is 50.1 Å². The van der Waals surface area contributed by atoms with Crippen LogP contribution < -0.4 is 15.6 Å². The van der Waals surface area contributed by atoms with Gasteiger partial charge in [-0.2, -0.15) is 5.10 Å². The number of anilines is 1. The van der Waals surface area contributed by atoms with Crippen LogP contribution in [0.15, 0.2) is 78.1 Å². The number of aromatic nitrogens is 5. The Bertz CT molecular complexity index is 1320. The summed E-state index contributed by atoms with van der Waals surface area (Å²) in [5.74, 6) is 0.815. The molecule has 1 atom stereocenters. The SMILES string of the molecule is C[C@@H](Cc1ccccc1)Oc1cc(CC(=O)Nc2ccn(C)n2)nc(Cn2cnccc2=O)c1. The zero-order chi connectivity index (χ0) is 23.9. The van der Waals surface area contributed by atoms with Crippen molar-refractivity contribution < 1.29 is 9.53 Å². The van der Waals surface area contributed by atoms with Gasteiger partial charge in [-0.1, -0.05) is 30.3 Å². The first-order valence-electron chi connectivity index (χ1n) is 10.9. The number of amides is 1. The predicted molar refractivity (Wildman–Crippen MR) is 128 cm³/mol. The Morgan fingerprint density at radius 2 is 1.91 bits per heavy atom. The number of rotatable bonds is 9. The van der Waals surface area contributed by atoms with Crippen molar-refractivity contribution in [1.29, 1.82) is 0 Å². The van der Waals surface area contributed by atoms with Crippen LogP contribution in [0.1, 0.15) is 23.9 Å². The highest BCUT2D eigenvalue weighted by molar-refractivity contribution is 5.91. The molecule has 0 saturated heterocycles. The van der Waals surface area contributed by atoms with Gasteiger partial charge < -0.3 is 10.1 Å². The lowest BCUT2D eigenvalue weighted by Crippen LogP contribution is -2.21. The van der Waals surface area contributed by atoms with E-state index in [1.807, 2.05) is 25.1 Å². The number of carbonyl (C=O) groups excluding carboxylic acids is 1. The van der Waals surface area contributed by atoms with Crippen molar-refractivity contribution in [3.63, 3.8) is 0 Å². The van der Waals surface area contributed by atoms with Crippen LogP contribution in [-0.2, 0) is 31.2 Å². The minimum atomic E-state index is -0.245. The van der Waals surface area contributed by atoms with E-state index in [4.69, 9.17) is 4.74 Å². The first kappa shape index (κ1) is 22.9. The topological polar surface area (TPSA) is 104 Å². The Hall–Kier alpha value is -4.27. The molecule has 4 aromatic rings. The third-order valence-corrected chi connectivity index (χ3v) is 5.06. The van der Waals surface area contributed by atoms with Crippen molar-refractivity contribution in [2.45, 2.75) is 32.4 Å². The fourth-order valence-electron chi connectivity index (χ4n) is 3.58. The molecule has 34 heavy (non-hydrogen) atoms. The normalized spacial score (nSPS) is 11.7. The van der Waals surface area contributed by atoms with E-state index < -0.39 is 0 Å². The lowest BCUT2D eigenvalue weighted by Gasteiger charge is -2.17. The van der Waals surface area contributed by atoms with Crippen LogP contribution in [0, 0.1) is 0 Å². The molecule has 9 heteroatoms. The van der Waals surface area contributed by atoms with E-state index in [0.717, 1.165) is 6.42 Å². The van der Waals surface area contributed by atoms with Crippen LogP contribution in [0.3, 0.4) is 0 Å². The molecule has 0 unspecified atom stereocenters. The molecule has 0 saturated carbocycles. The molecule has 1 aromatic carbocycles. The fraction of sp³-hybridized carbons (Fsp3) is 0.240.